The summed E-state index contributed by atoms with van der Waals surface area (Å²) >= 11 is 0. The van der Waals surface area contributed by atoms with Gasteiger partial charge in [0.1, 0.15) is 5.69 Å². The number of rotatable bonds is 8. The van der Waals surface area contributed by atoms with Crippen LogP contribution in [0.2, 0.25) is 0 Å². The molecule has 0 atom stereocenters. The molecule has 0 saturated carbocycles. The summed E-state index contributed by atoms with van der Waals surface area (Å²) in [4.78, 5) is 33.4. The Labute approximate surface area is 182 Å². The molecule has 0 unspecified atom stereocenters. The Morgan fingerprint density at radius 2 is 1.39 bits per heavy atom. The van der Waals surface area contributed by atoms with Crippen LogP contribution < -0.4 is 14.2 Å². The van der Waals surface area contributed by atoms with Crippen LogP contribution in [0, 0.1) is 0 Å². The maximum absolute atomic E-state index is 13.2. The molecule has 0 bridgehead atoms. The van der Waals surface area contributed by atoms with Crippen LogP contribution in [0.3, 0.4) is 0 Å². The van der Waals surface area contributed by atoms with Crippen molar-refractivity contribution in [2.45, 2.75) is 20.8 Å². The number of carbonyl (C=O) groups excluding carboxylic acids is 2. The van der Waals surface area contributed by atoms with Crippen molar-refractivity contribution in [1.82, 2.24) is 14.8 Å². The molecule has 1 fully saturated rings. The number of aromatic nitrogens is 1. The van der Waals surface area contributed by atoms with Gasteiger partial charge in [0.05, 0.1) is 19.8 Å². The molecular formula is C23H29N3O5. The Morgan fingerprint density at radius 1 is 0.839 bits per heavy atom. The molecule has 8 nitrogen and oxygen atoms in total. The lowest BCUT2D eigenvalue weighted by atomic mass is 10.1. The zero-order valence-electron chi connectivity index (χ0n) is 18.3. The number of benzene rings is 1. The van der Waals surface area contributed by atoms with Crippen LogP contribution in [-0.2, 0) is 0 Å². The van der Waals surface area contributed by atoms with E-state index in [1.54, 1.807) is 46.3 Å². The lowest BCUT2D eigenvalue weighted by molar-refractivity contribution is 0.0532. The molecule has 1 aliphatic heterocycles. The molecule has 2 amide bonds. The molecule has 1 aromatic carbocycles. The molecule has 2 aromatic rings. The van der Waals surface area contributed by atoms with Crippen molar-refractivity contribution in [3.8, 4) is 17.2 Å². The molecule has 0 radical (unpaired) electrons. The standard InChI is InChI=1S/C23H29N3O5/c1-4-29-19-15-17(16-20(30-5-2)21(19)31-6-3)22(27)25-11-13-26(14-12-25)23(28)18-9-7-8-10-24-18/h7-10,15-16H,4-6,11-14H2,1-3H3. The molecule has 0 aliphatic carbocycles. The number of hydrogen-bond donors (Lipinski definition) is 0. The van der Waals surface area contributed by atoms with E-state index in [0.717, 1.165) is 0 Å². The minimum atomic E-state index is -0.130. The van der Waals surface area contributed by atoms with Crippen LogP contribution >= 0.6 is 0 Å². The monoisotopic (exact) mass is 427 g/mol. The second kappa shape index (κ2) is 10.7. The van der Waals surface area contributed by atoms with Crippen molar-refractivity contribution in [2.24, 2.45) is 0 Å². The lowest BCUT2D eigenvalue weighted by Gasteiger charge is -2.34. The molecule has 166 valence electrons. The average Bonchev–Trinajstić information content (AvgIpc) is 2.81. The molecule has 2 heterocycles. The Kier molecular flexibility index (Phi) is 7.70. The predicted molar refractivity (Wildman–Crippen MR) is 116 cm³/mol. The number of piperazine rings is 1. The Hall–Kier alpha value is -3.29. The largest absolute Gasteiger partial charge is 0.490 e. The molecule has 1 saturated heterocycles. The third-order valence-electron chi connectivity index (χ3n) is 4.89. The van der Waals surface area contributed by atoms with Gasteiger partial charge in [0, 0.05) is 37.9 Å². The summed E-state index contributed by atoms with van der Waals surface area (Å²) in [7, 11) is 0. The SMILES string of the molecule is CCOc1cc(C(=O)N2CCN(C(=O)c3ccccn3)CC2)cc(OCC)c1OCC. The van der Waals surface area contributed by atoms with Gasteiger partial charge >= 0.3 is 0 Å². The predicted octanol–water partition coefficient (Wildman–Crippen LogP) is 2.88. The summed E-state index contributed by atoms with van der Waals surface area (Å²) in [6.07, 6.45) is 1.60. The normalized spacial score (nSPS) is 13.6. The zero-order valence-corrected chi connectivity index (χ0v) is 18.3. The van der Waals surface area contributed by atoms with Gasteiger partial charge in [-0.05, 0) is 45.0 Å². The van der Waals surface area contributed by atoms with Crippen molar-refractivity contribution < 1.29 is 23.8 Å². The van der Waals surface area contributed by atoms with Gasteiger partial charge in [-0.2, -0.15) is 0 Å². The summed E-state index contributed by atoms with van der Waals surface area (Å²) < 4.78 is 17.1. The lowest BCUT2D eigenvalue weighted by Crippen LogP contribution is -2.50. The van der Waals surface area contributed by atoms with Gasteiger partial charge in [-0.25, -0.2) is 0 Å². The number of ether oxygens (including phenoxy) is 3. The molecule has 3 rings (SSSR count). The van der Waals surface area contributed by atoms with E-state index in [0.29, 0.717) is 74.5 Å². The van der Waals surface area contributed by atoms with E-state index in [-0.39, 0.29) is 11.8 Å². The summed E-state index contributed by atoms with van der Waals surface area (Å²) in [5.74, 6) is 1.24. The van der Waals surface area contributed by atoms with Gasteiger partial charge in [0.15, 0.2) is 11.5 Å². The van der Waals surface area contributed by atoms with E-state index >= 15 is 0 Å². The van der Waals surface area contributed by atoms with E-state index in [1.807, 2.05) is 20.8 Å². The average molecular weight is 428 g/mol. The molecule has 1 aromatic heterocycles. The van der Waals surface area contributed by atoms with Gasteiger partial charge < -0.3 is 24.0 Å². The number of nitrogens with zero attached hydrogens (tertiary/aromatic N) is 3. The van der Waals surface area contributed by atoms with E-state index in [4.69, 9.17) is 14.2 Å². The van der Waals surface area contributed by atoms with Crippen molar-refractivity contribution in [3.63, 3.8) is 0 Å². The smallest absolute Gasteiger partial charge is 0.272 e. The minimum Gasteiger partial charge on any atom is -0.490 e. The molecule has 1 aliphatic rings. The fraction of sp³-hybridized carbons (Fsp3) is 0.435. The molecular weight excluding hydrogens is 398 g/mol. The van der Waals surface area contributed by atoms with E-state index in [9.17, 15) is 9.59 Å². The Balaban J connectivity index is 1.74. The van der Waals surface area contributed by atoms with Gasteiger partial charge in [0.25, 0.3) is 11.8 Å². The molecule has 0 N–H and O–H groups in total. The van der Waals surface area contributed by atoms with E-state index in [2.05, 4.69) is 4.98 Å². The topological polar surface area (TPSA) is 81.2 Å². The second-order valence-corrected chi connectivity index (χ2v) is 6.90. The van der Waals surface area contributed by atoms with Crippen molar-refractivity contribution in [2.75, 3.05) is 46.0 Å². The highest BCUT2D eigenvalue weighted by Crippen LogP contribution is 2.39. The van der Waals surface area contributed by atoms with Gasteiger partial charge in [-0.1, -0.05) is 6.07 Å². The number of pyridine rings is 1. The van der Waals surface area contributed by atoms with Crippen LogP contribution in [-0.4, -0.2) is 72.6 Å². The fourth-order valence-electron chi connectivity index (χ4n) is 3.46. The van der Waals surface area contributed by atoms with Crippen molar-refractivity contribution in [3.05, 3.63) is 47.8 Å². The first-order chi connectivity index (χ1) is 15.1. The zero-order chi connectivity index (χ0) is 22.2. The van der Waals surface area contributed by atoms with Gasteiger partial charge in [-0.15, -0.1) is 0 Å². The molecule has 31 heavy (non-hydrogen) atoms. The first-order valence-electron chi connectivity index (χ1n) is 10.6. The number of amides is 2. The van der Waals surface area contributed by atoms with Crippen LogP contribution in [0.25, 0.3) is 0 Å². The highest BCUT2D eigenvalue weighted by Gasteiger charge is 2.27. The third kappa shape index (κ3) is 5.25. The Bertz CT molecular complexity index is 868. The van der Waals surface area contributed by atoms with Gasteiger partial charge in [0.2, 0.25) is 5.75 Å². The first kappa shape index (κ1) is 22.4. The first-order valence-corrected chi connectivity index (χ1v) is 10.6. The summed E-state index contributed by atoms with van der Waals surface area (Å²) in [6.45, 7) is 8.77. The summed E-state index contributed by atoms with van der Waals surface area (Å²) in [5.41, 5.74) is 0.886. The van der Waals surface area contributed by atoms with E-state index < -0.39 is 0 Å². The summed E-state index contributed by atoms with van der Waals surface area (Å²) in [6, 6.07) is 8.66. The van der Waals surface area contributed by atoms with Crippen LogP contribution in [0.4, 0.5) is 0 Å². The van der Waals surface area contributed by atoms with Crippen LogP contribution in [0.5, 0.6) is 17.2 Å². The third-order valence-corrected chi connectivity index (χ3v) is 4.89. The Morgan fingerprint density at radius 3 is 1.87 bits per heavy atom. The highest BCUT2D eigenvalue weighted by atomic mass is 16.5. The van der Waals surface area contributed by atoms with Crippen LogP contribution in [0.1, 0.15) is 41.6 Å². The highest BCUT2D eigenvalue weighted by molar-refractivity contribution is 5.96. The number of hydrogen-bond acceptors (Lipinski definition) is 6. The van der Waals surface area contributed by atoms with Crippen LogP contribution in [0.15, 0.2) is 36.5 Å². The van der Waals surface area contributed by atoms with Crippen molar-refractivity contribution >= 4 is 11.8 Å². The molecule has 8 heteroatoms. The maximum Gasteiger partial charge on any atom is 0.272 e. The van der Waals surface area contributed by atoms with E-state index in [1.165, 1.54) is 0 Å². The second-order valence-electron chi connectivity index (χ2n) is 6.90. The van der Waals surface area contributed by atoms with Crippen molar-refractivity contribution in [1.29, 1.82) is 0 Å². The molecule has 0 spiro atoms. The fourth-order valence-corrected chi connectivity index (χ4v) is 3.46. The number of carbonyl (C=O) groups is 2. The maximum atomic E-state index is 13.2. The summed E-state index contributed by atoms with van der Waals surface area (Å²) in [5, 5.41) is 0. The quantitative estimate of drug-likeness (QED) is 0.644. The minimum absolute atomic E-state index is 0.119. The van der Waals surface area contributed by atoms with Gasteiger partial charge in [-0.3, -0.25) is 14.6 Å².